The smallest absolute Gasteiger partial charge is 0.214 e. The fourth-order valence-electron chi connectivity index (χ4n) is 2.60. The molecule has 0 aliphatic carbocycles. The van der Waals surface area contributed by atoms with Crippen molar-refractivity contribution in [2.75, 3.05) is 0 Å². The fraction of sp³-hybridized carbons (Fsp3) is 0.0556. The lowest BCUT2D eigenvalue weighted by molar-refractivity contribution is 0.938. The zero-order valence-electron chi connectivity index (χ0n) is 12.2. The Kier molecular flexibility index (Phi) is 3.73. The van der Waals surface area contributed by atoms with Crippen molar-refractivity contribution in [1.82, 2.24) is 14.0 Å². The molecule has 22 heavy (non-hydrogen) atoms. The molecule has 0 amide bonds. The summed E-state index contributed by atoms with van der Waals surface area (Å²) in [6.45, 7) is 0. The van der Waals surface area contributed by atoms with Crippen LogP contribution in [0.1, 0.15) is 0 Å². The number of benzene rings is 2. The van der Waals surface area contributed by atoms with E-state index >= 15 is 0 Å². The van der Waals surface area contributed by atoms with E-state index in [1.54, 1.807) is 0 Å². The van der Waals surface area contributed by atoms with E-state index in [2.05, 4.69) is 59.7 Å². The second-order valence-corrected chi connectivity index (χ2v) is 5.19. The van der Waals surface area contributed by atoms with Crippen molar-refractivity contribution in [3.8, 4) is 22.4 Å². The molecule has 0 bridgehead atoms. The number of aryl methyl sites for hydroxylation is 1. The van der Waals surface area contributed by atoms with Crippen molar-refractivity contribution in [1.29, 1.82) is 0 Å². The molecule has 3 nitrogen and oxygen atoms in total. The third-order valence-corrected chi connectivity index (χ3v) is 3.77. The minimum Gasteiger partial charge on any atom is -0.320 e. The zero-order chi connectivity index (χ0) is 14.2. The standard InChI is InChI=1S/C18H15N3.ClH/c1-20-11-12-21-13-17(19-18(20)21)16-9-7-15(8-10-16)14-5-3-2-4-6-14;/h2-13H,1H3;1H. The van der Waals surface area contributed by atoms with Gasteiger partial charge in [-0.25, -0.2) is 4.98 Å². The third-order valence-electron chi connectivity index (χ3n) is 3.77. The predicted octanol–water partition coefficient (Wildman–Crippen LogP) is 4.43. The molecule has 0 saturated carbocycles. The molecular weight excluding hydrogens is 294 g/mol. The highest BCUT2D eigenvalue weighted by Crippen LogP contribution is 2.24. The van der Waals surface area contributed by atoms with E-state index in [1.165, 1.54) is 11.1 Å². The molecule has 2 aromatic carbocycles. The monoisotopic (exact) mass is 309 g/mol. The summed E-state index contributed by atoms with van der Waals surface area (Å²) in [5, 5.41) is 0. The third kappa shape index (κ3) is 2.40. The van der Waals surface area contributed by atoms with Crippen LogP contribution < -0.4 is 0 Å². The van der Waals surface area contributed by atoms with E-state index in [-0.39, 0.29) is 12.4 Å². The van der Waals surface area contributed by atoms with E-state index in [1.807, 2.05) is 34.5 Å². The Labute approximate surface area is 135 Å². The molecule has 110 valence electrons. The van der Waals surface area contributed by atoms with Crippen LogP contribution in [-0.2, 0) is 7.05 Å². The first-order valence-electron chi connectivity index (χ1n) is 6.97. The number of aromatic nitrogens is 3. The molecule has 2 heterocycles. The maximum Gasteiger partial charge on any atom is 0.214 e. The molecular formula is C18H16ClN3. The number of fused-ring (bicyclic) bond motifs is 1. The minimum atomic E-state index is 0. The average Bonchev–Trinajstić information content (AvgIpc) is 3.11. The summed E-state index contributed by atoms with van der Waals surface area (Å²) in [6, 6.07) is 19.0. The van der Waals surface area contributed by atoms with Gasteiger partial charge in [-0.3, -0.25) is 4.40 Å². The van der Waals surface area contributed by atoms with E-state index in [4.69, 9.17) is 0 Å². The maximum absolute atomic E-state index is 4.67. The Morgan fingerprint density at radius 1 is 0.773 bits per heavy atom. The van der Waals surface area contributed by atoms with Crippen LogP contribution in [0.4, 0.5) is 0 Å². The van der Waals surface area contributed by atoms with Gasteiger partial charge in [0.05, 0.1) is 5.69 Å². The van der Waals surface area contributed by atoms with Crippen LogP contribution in [0, 0.1) is 0 Å². The molecule has 4 heteroatoms. The first kappa shape index (κ1) is 14.4. The van der Waals surface area contributed by atoms with Gasteiger partial charge in [0.2, 0.25) is 5.78 Å². The number of nitrogens with zero attached hydrogens (tertiary/aromatic N) is 3. The van der Waals surface area contributed by atoms with Crippen molar-refractivity contribution in [2.24, 2.45) is 7.05 Å². The molecule has 0 saturated heterocycles. The minimum absolute atomic E-state index is 0. The summed E-state index contributed by atoms with van der Waals surface area (Å²) in [6.07, 6.45) is 6.08. The number of hydrogen-bond donors (Lipinski definition) is 0. The van der Waals surface area contributed by atoms with Gasteiger partial charge in [0.25, 0.3) is 0 Å². The van der Waals surface area contributed by atoms with Crippen LogP contribution in [0.3, 0.4) is 0 Å². The largest absolute Gasteiger partial charge is 0.320 e. The summed E-state index contributed by atoms with van der Waals surface area (Å²) < 4.78 is 4.06. The van der Waals surface area contributed by atoms with Gasteiger partial charge in [-0.05, 0) is 11.1 Å². The van der Waals surface area contributed by atoms with Gasteiger partial charge in [0.1, 0.15) is 0 Å². The van der Waals surface area contributed by atoms with E-state index < -0.39 is 0 Å². The summed E-state index contributed by atoms with van der Waals surface area (Å²) in [5.41, 5.74) is 4.60. The lowest BCUT2D eigenvalue weighted by atomic mass is 10.0. The van der Waals surface area contributed by atoms with E-state index in [9.17, 15) is 0 Å². The summed E-state index contributed by atoms with van der Waals surface area (Å²) in [5.74, 6) is 0.956. The maximum atomic E-state index is 4.67. The van der Waals surface area contributed by atoms with Crippen LogP contribution in [0.25, 0.3) is 28.2 Å². The molecule has 0 unspecified atom stereocenters. The number of hydrogen-bond acceptors (Lipinski definition) is 1. The van der Waals surface area contributed by atoms with Gasteiger partial charge < -0.3 is 4.57 Å². The number of halogens is 1. The molecule has 0 radical (unpaired) electrons. The highest BCUT2D eigenvalue weighted by atomic mass is 35.5. The second-order valence-electron chi connectivity index (χ2n) is 5.19. The predicted molar refractivity (Wildman–Crippen MR) is 92.3 cm³/mol. The topological polar surface area (TPSA) is 22.2 Å². The zero-order valence-corrected chi connectivity index (χ0v) is 13.0. The van der Waals surface area contributed by atoms with Crippen LogP contribution in [0.15, 0.2) is 73.2 Å². The molecule has 0 aliphatic rings. The Bertz CT molecular complexity index is 889. The first-order valence-corrected chi connectivity index (χ1v) is 6.97. The van der Waals surface area contributed by atoms with Crippen LogP contribution in [0.5, 0.6) is 0 Å². The molecule has 4 rings (SSSR count). The molecule has 2 aromatic heterocycles. The highest BCUT2D eigenvalue weighted by Gasteiger charge is 2.06. The van der Waals surface area contributed by atoms with E-state index in [0.29, 0.717) is 0 Å². The van der Waals surface area contributed by atoms with Crippen LogP contribution in [0.2, 0.25) is 0 Å². The normalized spacial score (nSPS) is 10.6. The van der Waals surface area contributed by atoms with Crippen molar-refractivity contribution in [3.63, 3.8) is 0 Å². The molecule has 0 N–H and O–H groups in total. The second kappa shape index (κ2) is 5.70. The Balaban J connectivity index is 0.00000144. The Morgan fingerprint density at radius 3 is 2.09 bits per heavy atom. The first-order chi connectivity index (χ1) is 10.3. The Morgan fingerprint density at radius 2 is 1.41 bits per heavy atom. The SMILES string of the molecule is Cl.Cn1ccn2cc(-c3ccc(-c4ccccc4)cc3)nc12. The summed E-state index contributed by atoms with van der Waals surface area (Å²) in [7, 11) is 2.00. The lowest BCUT2D eigenvalue weighted by Gasteiger charge is -2.02. The summed E-state index contributed by atoms with van der Waals surface area (Å²) >= 11 is 0. The lowest BCUT2D eigenvalue weighted by Crippen LogP contribution is -1.86. The van der Waals surface area contributed by atoms with Gasteiger partial charge in [-0.2, -0.15) is 0 Å². The van der Waals surface area contributed by atoms with Gasteiger partial charge in [-0.15, -0.1) is 12.4 Å². The molecule has 0 fully saturated rings. The van der Waals surface area contributed by atoms with Crippen molar-refractivity contribution >= 4 is 18.2 Å². The number of imidazole rings is 2. The van der Waals surface area contributed by atoms with Crippen LogP contribution in [-0.4, -0.2) is 14.0 Å². The molecule has 0 aliphatic heterocycles. The molecule has 0 atom stereocenters. The summed E-state index contributed by atoms with van der Waals surface area (Å²) in [4.78, 5) is 4.67. The van der Waals surface area contributed by atoms with Gasteiger partial charge in [-0.1, -0.05) is 54.6 Å². The number of rotatable bonds is 2. The average molecular weight is 310 g/mol. The van der Waals surface area contributed by atoms with Crippen molar-refractivity contribution in [3.05, 3.63) is 73.2 Å². The molecule has 0 spiro atoms. The highest BCUT2D eigenvalue weighted by molar-refractivity contribution is 5.85. The Hall–Kier alpha value is -2.52. The van der Waals surface area contributed by atoms with Crippen molar-refractivity contribution < 1.29 is 0 Å². The van der Waals surface area contributed by atoms with Gasteiger partial charge in [0, 0.05) is 31.2 Å². The van der Waals surface area contributed by atoms with E-state index in [0.717, 1.165) is 17.0 Å². The van der Waals surface area contributed by atoms with Crippen molar-refractivity contribution in [2.45, 2.75) is 0 Å². The van der Waals surface area contributed by atoms with Gasteiger partial charge >= 0.3 is 0 Å². The quantitative estimate of drug-likeness (QED) is 0.537. The van der Waals surface area contributed by atoms with Crippen LogP contribution >= 0.6 is 12.4 Å². The van der Waals surface area contributed by atoms with Gasteiger partial charge in [0.15, 0.2) is 0 Å². The fourth-order valence-corrected chi connectivity index (χ4v) is 2.60. The molecule has 4 aromatic rings.